The molecule has 1 aliphatic rings. The lowest BCUT2D eigenvalue weighted by molar-refractivity contribution is 0.235. The Morgan fingerprint density at radius 1 is 1.23 bits per heavy atom. The van der Waals surface area contributed by atoms with E-state index in [1.54, 1.807) is 31.9 Å². The van der Waals surface area contributed by atoms with Crippen LogP contribution < -0.4 is 15.0 Å². The van der Waals surface area contributed by atoms with Gasteiger partial charge in [-0.2, -0.15) is 0 Å². The maximum absolute atomic E-state index is 9.54. The molecule has 0 bridgehead atoms. The van der Waals surface area contributed by atoms with E-state index in [1.807, 2.05) is 12.1 Å². The molecule has 2 N–H and O–H groups in total. The highest BCUT2D eigenvalue weighted by Gasteiger charge is 2.24. The molecule has 3 aromatic heterocycles. The number of aromatic nitrogens is 4. The molecule has 4 heterocycles. The van der Waals surface area contributed by atoms with Crippen LogP contribution in [-0.2, 0) is 0 Å². The van der Waals surface area contributed by atoms with Crippen molar-refractivity contribution in [3.05, 3.63) is 36.9 Å². The van der Waals surface area contributed by atoms with Gasteiger partial charge in [0.2, 0.25) is 0 Å². The van der Waals surface area contributed by atoms with Gasteiger partial charge in [0.25, 0.3) is 0 Å². The van der Waals surface area contributed by atoms with Crippen LogP contribution in [-0.4, -0.2) is 64.4 Å². The third-order valence-corrected chi connectivity index (χ3v) is 4.49. The first-order valence-corrected chi connectivity index (χ1v) is 8.49. The van der Waals surface area contributed by atoms with Crippen LogP contribution in [0.4, 0.5) is 5.82 Å². The van der Waals surface area contributed by atoms with E-state index in [-0.39, 0.29) is 12.6 Å². The van der Waals surface area contributed by atoms with Crippen molar-refractivity contribution in [3.63, 3.8) is 0 Å². The Labute approximate surface area is 150 Å². The predicted octanol–water partition coefficient (Wildman–Crippen LogP) is 0.866. The summed E-state index contributed by atoms with van der Waals surface area (Å²) in [6.07, 6.45) is 6.84. The molecule has 26 heavy (non-hydrogen) atoms. The smallest absolute Gasteiger partial charge is 0.162 e. The van der Waals surface area contributed by atoms with Crippen molar-refractivity contribution < 1.29 is 9.84 Å². The van der Waals surface area contributed by atoms with Gasteiger partial charge in [0.05, 0.1) is 37.0 Å². The highest BCUT2D eigenvalue weighted by atomic mass is 16.5. The Kier molecular flexibility index (Phi) is 4.59. The van der Waals surface area contributed by atoms with E-state index in [0.717, 1.165) is 35.4 Å². The second kappa shape index (κ2) is 7.19. The van der Waals surface area contributed by atoms with Gasteiger partial charge < -0.3 is 20.1 Å². The average molecular weight is 352 g/mol. The van der Waals surface area contributed by atoms with Gasteiger partial charge in [-0.25, -0.2) is 9.97 Å². The van der Waals surface area contributed by atoms with Crippen molar-refractivity contribution in [2.45, 2.75) is 6.04 Å². The van der Waals surface area contributed by atoms with Crippen LogP contribution in [0.2, 0.25) is 0 Å². The summed E-state index contributed by atoms with van der Waals surface area (Å²) in [5, 5.41) is 13.7. The van der Waals surface area contributed by atoms with Gasteiger partial charge in [0, 0.05) is 43.6 Å². The van der Waals surface area contributed by atoms with Gasteiger partial charge in [-0.3, -0.25) is 9.97 Å². The summed E-state index contributed by atoms with van der Waals surface area (Å²) in [4.78, 5) is 20.0. The summed E-state index contributed by atoms with van der Waals surface area (Å²) in [6.45, 7) is 2.29. The van der Waals surface area contributed by atoms with Crippen molar-refractivity contribution in [1.82, 2.24) is 25.3 Å². The van der Waals surface area contributed by atoms with E-state index >= 15 is 0 Å². The molecule has 0 aromatic carbocycles. The zero-order valence-corrected chi connectivity index (χ0v) is 14.5. The normalized spacial score (nSPS) is 17.5. The highest BCUT2D eigenvalue weighted by molar-refractivity contribution is 5.95. The Bertz CT molecular complexity index is 905. The summed E-state index contributed by atoms with van der Waals surface area (Å²) in [5.41, 5.74) is 1.61. The first-order valence-electron chi connectivity index (χ1n) is 8.49. The van der Waals surface area contributed by atoms with Crippen LogP contribution in [0.5, 0.6) is 5.75 Å². The predicted molar refractivity (Wildman–Crippen MR) is 98.2 cm³/mol. The number of aliphatic hydroxyl groups is 1. The van der Waals surface area contributed by atoms with Gasteiger partial charge in [0.15, 0.2) is 5.82 Å². The molecule has 1 atom stereocenters. The van der Waals surface area contributed by atoms with Crippen LogP contribution in [0.15, 0.2) is 36.9 Å². The molecule has 8 nitrogen and oxygen atoms in total. The van der Waals surface area contributed by atoms with Crippen molar-refractivity contribution in [3.8, 4) is 17.1 Å². The highest BCUT2D eigenvalue weighted by Crippen LogP contribution is 2.33. The van der Waals surface area contributed by atoms with Crippen LogP contribution in [0.1, 0.15) is 0 Å². The van der Waals surface area contributed by atoms with E-state index < -0.39 is 0 Å². The lowest BCUT2D eigenvalue weighted by Crippen LogP contribution is -2.52. The monoisotopic (exact) mass is 352 g/mol. The average Bonchev–Trinajstić information content (AvgIpc) is 2.73. The summed E-state index contributed by atoms with van der Waals surface area (Å²) >= 11 is 0. The molecule has 4 rings (SSSR count). The van der Waals surface area contributed by atoms with Crippen LogP contribution in [0.25, 0.3) is 22.3 Å². The SMILES string of the molecule is COc1cncc2nc(-c3ccncc3)nc(N3CCN[C@@H](CO)C3)c12. The van der Waals surface area contributed by atoms with Gasteiger partial charge in [-0.1, -0.05) is 0 Å². The molecule has 0 aliphatic carbocycles. The van der Waals surface area contributed by atoms with Gasteiger partial charge >= 0.3 is 0 Å². The number of hydrogen-bond donors (Lipinski definition) is 2. The van der Waals surface area contributed by atoms with Gasteiger partial charge in [-0.05, 0) is 12.1 Å². The fraction of sp³-hybridized carbons (Fsp3) is 0.333. The van der Waals surface area contributed by atoms with E-state index in [0.29, 0.717) is 18.1 Å². The molecule has 8 heteroatoms. The number of fused-ring (bicyclic) bond motifs is 1. The largest absolute Gasteiger partial charge is 0.494 e. The summed E-state index contributed by atoms with van der Waals surface area (Å²) in [5.74, 6) is 2.04. The van der Waals surface area contributed by atoms with Crippen LogP contribution in [0, 0.1) is 0 Å². The number of nitrogens with zero attached hydrogens (tertiary/aromatic N) is 5. The lowest BCUT2D eigenvalue weighted by atomic mass is 10.1. The van der Waals surface area contributed by atoms with Gasteiger partial charge in [0.1, 0.15) is 11.6 Å². The zero-order valence-electron chi connectivity index (χ0n) is 14.5. The molecule has 3 aromatic rings. The molecule has 0 spiro atoms. The lowest BCUT2D eigenvalue weighted by Gasteiger charge is -2.34. The number of aliphatic hydroxyl groups excluding tert-OH is 1. The van der Waals surface area contributed by atoms with E-state index in [1.165, 1.54) is 0 Å². The Hall–Kier alpha value is -2.84. The number of piperazine rings is 1. The zero-order chi connectivity index (χ0) is 17.9. The molecule has 1 fully saturated rings. The van der Waals surface area contributed by atoms with Gasteiger partial charge in [-0.15, -0.1) is 0 Å². The first kappa shape index (κ1) is 16.6. The molecule has 0 radical (unpaired) electrons. The van der Waals surface area contributed by atoms with E-state index in [4.69, 9.17) is 9.72 Å². The standard InChI is InChI=1S/C18H20N6O2/c1-26-15-9-20-8-14-16(15)18(24-7-6-21-13(10-24)11-25)23-17(22-14)12-2-4-19-5-3-12/h2-5,8-9,13,21,25H,6-7,10-11H2,1H3/t13-/m1/s1. The third kappa shape index (κ3) is 3.04. The Morgan fingerprint density at radius 2 is 2.08 bits per heavy atom. The molecular weight excluding hydrogens is 332 g/mol. The summed E-state index contributed by atoms with van der Waals surface area (Å²) in [6, 6.07) is 3.77. The minimum absolute atomic E-state index is 0.00553. The molecule has 0 amide bonds. The maximum atomic E-state index is 9.54. The minimum atomic E-state index is 0.00553. The molecular formula is C18H20N6O2. The molecule has 1 saturated heterocycles. The summed E-state index contributed by atoms with van der Waals surface area (Å²) in [7, 11) is 1.62. The first-order chi connectivity index (χ1) is 12.8. The fourth-order valence-corrected chi connectivity index (χ4v) is 3.19. The van der Waals surface area contributed by atoms with Crippen molar-refractivity contribution >= 4 is 16.7 Å². The number of ether oxygens (including phenoxy) is 1. The topological polar surface area (TPSA) is 96.3 Å². The minimum Gasteiger partial charge on any atom is -0.494 e. The molecule has 0 saturated carbocycles. The van der Waals surface area contributed by atoms with Crippen molar-refractivity contribution in [1.29, 1.82) is 0 Å². The number of hydrogen-bond acceptors (Lipinski definition) is 8. The second-order valence-electron chi connectivity index (χ2n) is 6.12. The van der Waals surface area contributed by atoms with E-state index in [9.17, 15) is 5.11 Å². The van der Waals surface area contributed by atoms with Crippen LogP contribution in [0.3, 0.4) is 0 Å². The quantitative estimate of drug-likeness (QED) is 0.714. The Balaban J connectivity index is 1.90. The Morgan fingerprint density at radius 3 is 2.85 bits per heavy atom. The number of nitrogens with one attached hydrogen (secondary N) is 1. The molecule has 134 valence electrons. The number of anilines is 1. The van der Waals surface area contributed by atoms with Crippen molar-refractivity contribution in [2.75, 3.05) is 38.3 Å². The van der Waals surface area contributed by atoms with E-state index in [2.05, 4.69) is 25.2 Å². The molecule has 0 unspecified atom stereocenters. The molecule has 1 aliphatic heterocycles. The number of rotatable bonds is 4. The van der Waals surface area contributed by atoms with Crippen molar-refractivity contribution in [2.24, 2.45) is 0 Å². The summed E-state index contributed by atoms with van der Waals surface area (Å²) < 4.78 is 5.51. The number of methoxy groups -OCH3 is 1. The third-order valence-electron chi connectivity index (χ3n) is 4.49. The second-order valence-corrected chi connectivity index (χ2v) is 6.12. The maximum Gasteiger partial charge on any atom is 0.162 e. The number of pyridine rings is 2. The fourth-order valence-electron chi connectivity index (χ4n) is 3.19. The van der Waals surface area contributed by atoms with Crippen LogP contribution >= 0.6 is 0 Å².